The average molecular weight is 160 g/mol. The first-order chi connectivity index (χ1) is 4.83. The molecule has 0 spiro atoms. The Morgan fingerprint density at radius 1 is 1.00 bits per heavy atom. The zero-order valence-corrected chi connectivity index (χ0v) is 6.63. The maximum absolute atomic E-state index is 9.11. The largest absolute Gasteiger partial charge is 0.412 e. The second-order valence-electron chi connectivity index (χ2n) is 1.13. The smallest absolute Gasteiger partial charge is 0.234 e. The van der Waals surface area contributed by atoms with E-state index in [9.17, 15) is 0 Å². The van der Waals surface area contributed by atoms with Crippen molar-refractivity contribution in [2.45, 2.75) is 13.8 Å². The molecule has 0 radical (unpaired) electrons. The third kappa shape index (κ3) is 53.2. The van der Waals surface area contributed by atoms with E-state index in [0.29, 0.717) is 13.1 Å². The van der Waals surface area contributed by atoms with Crippen LogP contribution in [-0.2, 0) is 9.59 Å². The monoisotopic (exact) mass is 160 g/mol. The number of hydrogen-bond donors (Lipinski definition) is 0. The number of nitrogens with zero attached hydrogens (tertiary/aromatic N) is 2. The van der Waals surface area contributed by atoms with E-state index in [4.69, 9.17) is 9.59 Å². The van der Waals surface area contributed by atoms with Gasteiger partial charge in [0.15, 0.2) is 0 Å². The summed E-state index contributed by atoms with van der Waals surface area (Å²) < 4.78 is 0. The van der Waals surface area contributed by atoms with Crippen LogP contribution in [0.25, 0.3) is 0 Å². The first kappa shape index (κ1) is 16.4. The molecule has 0 aromatic heterocycles. The predicted octanol–water partition coefficient (Wildman–Crippen LogP) is -0.140. The van der Waals surface area contributed by atoms with Gasteiger partial charge in [-0.2, -0.15) is 0 Å². The molecular weight excluding hydrogens is 148 g/mol. The van der Waals surface area contributed by atoms with Crippen molar-refractivity contribution < 1.29 is 15.1 Å². The summed E-state index contributed by atoms with van der Waals surface area (Å²) in [5, 5.41) is 0. The van der Waals surface area contributed by atoms with Crippen molar-refractivity contribution in [3.63, 3.8) is 0 Å². The van der Waals surface area contributed by atoms with Crippen LogP contribution < -0.4 is 0 Å². The van der Waals surface area contributed by atoms with Crippen molar-refractivity contribution in [1.82, 2.24) is 0 Å². The first-order valence-electron chi connectivity index (χ1n) is 2.90. The van der Waals surface area contributed by atoms with Crippen LogP contribution in [0.4, 0.5) is 0 Å². The summed E-state index contributed by atoms with van der Waals surface area (Å²) >= 11 is 0. The lowest BCUT2D eigenvalue weighted by atomic mass is 10.8. The van der Waals surface area contributed by atoms with Crippen LogP contribution in [0.3, 0.4) is 0 Å². The minimum Gasteiger partial charge on any atom is -0.412 e. The lowest BCUT2D eigenvalue weighted by Crippen LogP contribution is -1.58. The molecular formula is C6H12N2O3. The molecule has 0 saturated heterocycles. The van der Waals surface area contributed by atoms with Crippen molar-refractivity contribution in [3.05, 3.63) is 0 Å². The van der Waals surface area contributed by atoms with Crippen molar-refractivity contribution in [3.8, 4) is 0 Å². The summed E-state index contributed by atoms with van der Waals surface area (Å²) in [5.74, 6) is 0. The van der Waals surface area contributed by atoms with Crippen LogP contribution >= 0.6 is 0 Å². The number of isocyanates is 2. The second kappa shape index (κ2) is 23.3. The molecule has 64 valence electrons. The molecule has 0 aliphatic rings. The molecule has 11 heavy (non-hydrogen) atoms. The summed E-state index contributed by atoms with van der Waals surface area (Å²) in [7, 11) is 0. The molecule has 0 atom stereocenters. The van der Waals surface area contributed by atoms with E-state index in [-0.39, 0.29) is 5.48 Å². The van der Waals surface area contributed by atoms with E-state index in [1.807, 2.05) is 0 Å². The maximum atomic E-state index is 9.11. The standard InChI is InChI=1S/2C3H5NO.H2O/c2*1-2-4-3-5;/h2*2H2,1H3;1H2. The third-order valence-electron chi connectivity index (χ3n) is 0.445. The van der Waals surface area contributed by atoms with Gasteiger partial charge in [-0.15, -0.1) is 0 Å². The number of carbonyl (C=O) groups excluding carboxylic acids is 2. The van der Waals surface area contributed by atoms with E-state index in [1.54, 1.807) is 13.8 Å². The number of aliphatic imine (C=N–C) groups is 2. The molecule has 0 fully saturated rings. The molecule has 0 saturated carbocycles. The van der Waals surface area contributed by atoms with Gasteiger partial charge in [-0.3, -0.25) is 0 Å². The summed E-state index contributed by atoms with van der Waals surface area (Å²) in [6, 6.07) is 0. The highest BCUT2D eigenvalue weighted by Crippen LogP contribution is 1.53. The van der Waals surface area contributed by atoms with Crippen LogP contribution in [-0.4, -0.2) is 30.7 Å². The summed E-state index contributed by atoms with van der Waals surface area (Å²) in [4.78, 5) is 24.6. The van der Waals surface area contributed by atoms with E-state index in [1.165, 1.54) is 12.2 Å². The van der Waals surface area contributed by atoms with Gasteiger partial charge in [0.25, 0.3) is 0 Å². The molecule has 0 aromatic carbocycles. The molecule has 0 rings (SSSR count). The van der Waals surface area contributed by atoms with Gasteiger partial charge in [-0.25, -0.2) is 19.6 Å². The Hall–Kier alpha value is -1.28. The lowest BCUT2D eigenvalue weighted by molar-refractivity contribution is 0.562. The van der Waals surface area contributed by atoms with E-state index >= 15 is 0 Å². The highest BCUT2D eigenvalue weighted by atomic mass is 16.1. The van der Waals surface area contributed by atoms with E-state index in [0.717, 1.165) is 0 Å². The molecule has 0 amide bonds. The Balaban J connectivity index is -0.000000107. The van der Waals surface area contributed by atoms with Crippen LogP contribution in [0.2, 0.25) is 0 Å². The molecule has 5 nitrogen and oxygen atoms in total. The maximum Gasteiger partial charge on any atom is 0.234 e. The van der Waals surface area contributed by atoms with Crippen molar-refractivity contribution in [2.75, 3.05) is 13.1 Å². The Labute approximate surface area is 65.2 Å². The average Bonchev–Trinajstić information content (AvgIpc) is 1.93. The van der Waals surface area contributed by atoms with Gasteiger partial charge in [0, 0.05) is 13.1 Å². The molecule has 2 N–H and O–H groups in total. The van der Waals surface area contributed by atoms with Gasteiger partial charge in [-0.05, 0) is 13.8 Å². The number of hydrogen-bond acceptors (Lipinski definition) is 4. The fraction of sp³-hybridized carbons (Fsp3) is 0.667. The summed E-state index contributed by atoms with van der Waals surface area (Å²) in [5.41, 5.74) is 0. The Morgan fingerprint density at radius 3 is 1.27 bits per heavy atom. The minimum absolute atomic E-state index is 0. The summed E-state index contributed by atoms with van der Waals surface area (Å²) in [6.45, 7) is 4.66. The molecule has 0 unspecified atom stereocenters. The predicted molar refractivity (Wildman–Crippen MR) is 40.9 cm³/mol. The minimum atomic E-state index is 0. The number of rotatable bonds is 2. The zero-order chi connectivity index (χ0) is 8.24. The molecule has 5 heteroatoms. The third-order valence-corrected chi connectivity index (χ3v) is 0.445. The van der Waals surface area contributed by atoms with Crippen LogP contribution in [0.15, 0.2) is 9.98 Å². The Morgan fingerprint density at radius 2 is 1.27 bits per heavy atom. The Bertz CT molecular complexity index is 128. The van der Waals surface area contributed by atoms with Gasteiger partial charge in [-0.1, -0.05) is 0 Å². The highest BCUT2D eigenvalue weighted by molar-refractivity contribution is 5.32. The fourth-order valence-corrected chi connectivity index (χ4v) is 0.129. The fourth-order valence-electron chi connectivity index (χ4n) is 0.129. The normalized spacial score (nSPS) is 5.27. The lowest BCUT2D eigenvalue weighted by Gasteiger charge is -1.58. The Kier molecular flexibility index (Phi) is 34.7. The molecule has 0 bridgehead atoms. The van der Waals surface area contributed by atoms with Gasteiger partial charge in [0.2, 0.25) is 12.2 Å². The van der Waals surface area contributed by atoms with Crippen LogP contribution in [0.1, 0.15) is 13.8 Å². The van der Waals surface area contributed by atoms with Crippen molar-refractivity contribution in [2.24, 2.45) is 9.98 Å². The summed E-state index contributed by atoms with van der Waals surface area (Å²) in [6.07, 6.45) is 2.78. The van der Waals surface area contributed by atoms with Gasteiger partial charge >= 0.3 is 0 Å². The van der Waals surface area contributed by atoms with Crippen LogP contribution in [0.5, 0.6) is 0 Å². The molecule has 0 aliphatic heterocycles. The van der Waals surface area contributed by atoms with Gasteiger partial charge in [0.05, 0.1) is 0 Å². The highest BCUT2D eigenvalue weighted by Gasteiger charge is 1.52. The molecule has 0 aliphatic carbocycles. The molecule has 0 aromatic rings. The SMILES string of the molecule is CCN=C=O.CCN=C=O.O. The van der Waals surface area contributed by atoms with Crippen molar-refractivity contribution in [1.29, 1.82) is 0 Å². The van der Waals surface area contributed by atoms with E-state index < -0.39 is 0 Å². The zero-order valence-electron chi connectivity index (χ0n) is 6.63. The van der Waals surface area contributed by atoms with Crippen LogP contribution in [0, 0.1) is 0 Å². The molecule has 0 heterocycles. The van der Waals surface area contributed by atoms with Gasteiger partial charge in [0.1, 0.15) is 0 Å². The topological polar surface area (TPSA) is 90.4 Å². The van der Waals surface area contributed by atoms with Crippen molar-refractivity contribution >= 4 is 12.2 Å². The quantitative estimate of drug-likeness (QED) is 0.415. The van der Waals surface area contributed by atoms with Gasteiger partial charge < -0.3 is 5.48 Å². The second-order valence-corrected chi connectivity index (χ2v) is 1.13. The first-order valence-corrected chi connectivity index (χ1v) is 2.90. The van der Waals surface area contributed by atoms with E-state index in [2.05, 4.69) is 9.98 Å².